The maximum atomic E-state index is 12.5. The number of rotatable bonds is 8. The number of aryl methyl sites for hydroxylation is 2. The molecule has 1 N–H and O–H groups in total. The number of carbonyl (C=O) groups is 1. The molecule has 0 fully saturated rings. The lowest BCUT2D eigenvalue weighted by molar-refractivity contribution is -0.116. The number of nitrogens with zero attached hydrogens (tertiary/aromatic N) is 2. The van der Waals surface area contributed by atoms with Gasteiger partial charge in [0.1, 0.15) is 11.5 Å². The molecule has 0 saturated carbocycles. The molecule has 1 heterocycles. The van der Waals surface area contributed by atoms with Crippen LogP contribution >= 0.6 is 0 Å². The first-order chi connectivity index (χ1) is 13.9. The van der Waals surface area contributed by atoms with Crippen LogP contribution in [0.25, 0.3) is 0 Å². The molecule has 0 bridgehead atoms. The average Bonchev–Trinajstić information content (AvgIpc) is 3.14. The molecule has 3 rings (SSSR count). The maximum Gasteiger partial charge on any atom is 0.227 e. The van der Waals surface area contributed by atoms with Crippen LogP contribution < -0.4 is 10.1 Å². The first kappa shape index (κ1) is 20.5. The van der Waals surface area contributed by atoms with Crippen molar-refractivity contribution in [3.05, 3.63) is 65.8 Å². The summed E-state index contributed by atoms with van der Waals surface area (Å²) in [5.41, 5.74) is 1.53. The molecule has 8 nitrogen and oxygen atoms in total. The number of benzene rings is 2. The molecule has 1 aromatic heterocycles. The Balaban J connectivity index is 1.57. The Morgan fingerprint density at radius 2 is 1.86 bits per heavy atom. The average molecular weight is 415 g/mol. The van der Waals surface area contributed by atoms with Gasteiger partial charge in [0.25, 0.3) is 0 Å². The number of hydrogen-bond acceptors (Lipinski definition) is 7. The fraction of sp³-hybridized carbons (Fsp3) is 0.250. The van der Waals surface area contributed by atoms with Crippen LogP contribution in [0.5, 0.6) is 5.75 Å². The van der Waals surface area contributed by atoms with E-state index in [0.717, 1.165) is 5.56 Å². The molecule has 9 heteroatoms. The fourth-order valence-corrected chi connectivity index (χ4v) is 3.80. The standard InChI is InChI=1S/C20H21N3O5S/c1-14-7-9-15(10-8-14)29(25,26)13-18-22-20(28-23-18)12-11-19(24)21-16-5-3-4-6-17(16)27-2/h3-10H,11-13H2,1-2H3,(H,21,24). The molecular weight excluding hydrogens is 394 g/mol. The van der Waals surface area contributed by atoms with Gasteiger partial charge in [-0.15, -0.1) is 0 Å². The van der Waals surface area contributed by atoms with Crippen LogP contribution in [-0.2, 0) is 26.8 Å². The Hall–Kier alpha value is -3.20. The smallest absolute Gasteiger partial charge is 0.227 e. The number of sulfone groups is 1. The molecule has 0 unspecified atom stereocenters. The second-order valence-electron chi connectivity index (χ2n) is 6.42. The number of para-hydroxylation sites is 2. The lowest BCUT2D eigenvalue weighted by Gasteiger charge is -2.08. The second-order valence-corrected chi connectivity index (χ2v) is 8.41. The first-order valence-corrected chi connectivity index (χ1v) is 10.6. The van der Waals surface area contributed by atoms with Crippen molar-refractivity contribution in [1.82, 2.24) is 10.1 Å². The maximum absolute atomic E-state index is 12.5. The van der Waals surface area contributed by atoms with Crippen LogP contribution in [0, 0.1) is 6.92 Å². The SMILES string of the molecule is COc1ccccc1NC(=O)CCc1nc(CS(=O)(=O)c2ccc(C)cc2)no1. The van der Waals surface area contributed by atoms with Gasteiger partial charge >= 0.3 is 0 Å². The zero-order chi connectivity index (χ0) is 20.9. The third-order valence-electron chi connectivity index (χ3n) is 4.16. The van der Waals surface area contributed by atoms with Crippen LogP contribution in [0.2, 0.25) is 0 Å². The zero-order valence-electron chi connectivity index (χ0n) is 16.1. The van der Waals surface area contributed by atoms with Gasteiger partial charge in [-0.05, 0) is 31.2 Å². The van der Waals surface area contributed by atoms with Gasteiger partial charge in [0.05, 0.1) is 17.7 Å². The highest BCUT2D eigenvalue weighted by Gasteiger charge is 2.19. The monoisotopic (exact) mass is 415 g/mol. The van der Waals surface area contributed by atoms with Gasteiger partial charge in [-0.25, -0.2) is 8.42 Å². The highest BCUT2D eigenvalue weighted by Crippen LogP contribution is 2.23. The largest absolute Gasteiger partial charge is 0.495 e. The fourth-order valence-electron chi connectivity index (χ4n) is 2.63. The summed E-state index contributed by atoms with van der Waals surface area (Å²) in [6.45, 7) is 1.88. The molecule has 0 aliphatic rings. The van der Waals surface area contributed by atoms with Crippen LogP contribution in [0.1, 0.15) is 23.7 Å². The van der Waals surface area contributed by atoms with E-state index >= 15 is 0 Å². The van der Waals surface area contributed by atoms with Crippen molar-refractivity contribution in [2.75, 3.05) is 12.4 Å². The van der Waals surface area contributed by atoms with Crippen LogP contribution in [0.4, 0.5) is 5.69 Å². The number of carbonyl (C=O) groups excluding carboxylic acids is 1. The molecular formula is C20H21N3O5S. The quantitative estimate of drug-likeness (QED) is 0.602. The highest BCUT2D eigenvalue weighted by molar-refractivity contribution is 7.90. The van der Waals surface area contributed by atoms with Crippen molar-refractivity contribution in [1.29, 1.82) is 0 Å². The van der Waals surface area contributed by atoms with Crippen molar-refractivity contribution in [3.8, 4) is 5.75 Å². The summed E-state index contributed by atoms with van der Waals surface area (Å²) in [7, 11) is -2.05. The van der Waals surface area contributed by atoms with Crippen molar-refractivity contribution in [2.45, 2.75) is 30.4 Å². The summed E-state index contributed by atoms with van der Waals surface area (Å²) in [4.78, 5) is 16.4. The number of anilines is 1. The van der Waals surface area contributed by atoms with E-state index in [1.165, 1.54) is 7.11 Å². The normalized spacial score (nSPS) is 11.2. The van der Waals surface area contributed by atoms with E-state index in [-0.39, 0.29) is 41.1 Å². The van der Waals surface area contributed by atoms with E-state index in [0.29, 0.717) is 11.4 Å². The molecule has 0 atom stereocenters. The number of ether oxygens (including phenoxy) is 1. The van der Waals surface area contributed by atoms with Gasteiger partial charge in [-0.2, -0.15) is 4.98 Å². The lowest BCUT2D eigenvalue weighted by Crippen LogP contribution is -2.13. The third-order valence-corrected chi connectivity index (χ3v) is 5.78. The summed E-state index contributed by atoms with van der Waals surface area (Å²) in [5.74, 6) is 0.205. The topological polar surface area (TPSA) is 111 Å². The van der Waals surface area contributed by atoms with Crippen LogP contribution in [0.15, 0.2) is 57.9 Å². The van der Waals surface area contributed by atoms with Crippen LogP contribution in [-0.4, -0.2) is 31.6 Å². The number of amides is 1. The molecule has 0 spiro atoms. The van der Waals surface area contributed by atoms with Gasteiger partial charge in [0.15, 0.2) is 15.7 Å². The van der Waals surface area contributed by atoms with Gasteiger partial charge in [0, 0.05) is 12.8 Å². The Bertz CT molecular complexity index is 1090. The number of hydrogen-bond donors (Lipinski definition) is 1. The van der Waals surface area contributed by atoms with E-state index in [1.807, 2.05) is 6.92 Å². The van der Waals surface area contributed by atoms with E-state index in [4.69, 9.17) is 9.26 Å². The van der Waals surface area contributed by atoms with E-state index in [2.05, 4.69) is 15.5 Å². The molecule has 0 aliphatic heterocycles. The predicted molar refractivity (Wildman–Crippen MR) is 106 cm³/mol. The molecule has 0 aliphatic carbocycles. The van der Waals surface area contributed by atoms with Gasteiger partial charge in [0.2, 0.25) is 11.8 Å². The number of methoxy groups -OCH3 is 1. The third kappa shape index (κ3) is 5.41. The lowest BCUT2D eigenvalue weighted by atomic mass is 10.2. The Morgan fingerprint density at radius 3 is 2.59 bits per heavy atom. The minimum absolute atomic E-state index is 0.0608. The van der Waals surface area contributed by atoms with Crippen LogP contribution in [0.3, 0.4) is 0 Å². The molecule has 3 aromatic rings. The van der Waals surface area contributed by atoms with Crippen molar-refractivity contribution in [3.63, 3.8) is 0 Å². The van der Waals surface area contributed by atoms with Gasteiger partial charge in [-0.1, -0.05) is 35.0 Å². The van der Waals surface area contributed by atoms with E-state index in [1.54, 1.807) is 48.5 Å². The first-order valence-electron chi connectivity index (χ1n) is 8.91. The zero-order valence-corrected chi connectivity index (χ0v) is 16.9. The molecule has 0 saturated heterocycles. The summed E-state index contributed by atoms with van der Waals surface area (Å²) in [6, 6.07) is 13.6. The second kappa shape index (κ2) is 8.87. The Morgan fingerprint density at radius 1 is 1.14 bits per heavy atom. The van der Waals surface area contributed by atoms with Crippen molar-refractivity contribution < 1.29 is 22.5 Å². The van der Waals surface area contributed by atoms with Gasteiger partial charge in [-0.3, -0.25) is 4.79 Å². The molecule has 0 radical (unpaired) electrons. The highest BCUT2D eigenvalue weighted by atomic mass is 32.2. The summed E-state index contributed by atoms with van der Waals surface area (Å²) in [5, 5.41) is 6.47. The molecule has 1 amide bonds. The minimum atomic E-state index is -3.57. The summed E-state index contributed by atoms with van der Waals surface area (Å²) in [6.07, 6.45) is 0.295. The number of aromatic nitrogens is 2. The Labute approximate surface area is 168 Å². The van der Waals surface area contributed by atoms with Crippen molar-refractivity contribution in [2.24, 2.45) is 0 Å². The van der Waals surface area contributed by atoms with E-state index in [9.17, 15) is 13.2 Å². The van der Waals surface area contributed by atoms with E-state index < -0.39 is 9.84 Å². The Kier molecular flexibility index (Phi) is 6.28. The molecule has 29 heavy (non-hydrogen) atoms. The molecule has 2 aromatic carbocycles. The minimum Gasteiger partial charge on any atom is -0.495 e. The summed E-state index contributed by atoms with van der Waals surface area (Å²) >= 11 is 0. The van der Waals surface area contributed by atoms with Crippen molar-refractivity contribution >= 4 is 21.4 Å². The summed E-state index contributed by atoms with van der Waals surface area (Å²) < 4.78 is 35.2. The molecule has 152 valence electrons. The number of nitrogens with one attached hydrogen (secondary N) is 1. The predicted octanol–water partition coefficient (Wildman–Crippen LogP) is 2.93. The van der Waals surface area contributed by atoms with Gasteiger partial charge < -0.3 is 14.6 Å².